The fourth-order valence-electron chi connectivity index (χ4n) is 3.77. The van der Waals surface area contributed by atoms with Crippen LogP contribution < -0.4 is 10.6 Å². The number of nitrogens with one attached hydrogen (secondary N) is 2. The summed E-state index contributed by atoms with van der Waals surface area (Å²) in [6.07, 6.45) is -13.4. The summed E-state index contributed by atoms with van der Waals surface area (Å²) in [6, 6.07) is -0.521. The van der Waals surface area contributed by atoms with E-state index in [4.69, 9.17) is 14.2 Å². The molecule has 0 aromatic carbocycles. The quantitative estimate of drug-likeness (QED) is 0.126. The summed E-state index contributed by atoms with van der Waals surface area (Å²) in [4.78, 5) is 0. The topological polar surface area (TPSA) is 214 Å². The van der Waals surface area contributed by atoms with E-state index in [1.54, 1.807) is 0 Å². The molecule has 2 heterocycles. The van der Waals surface area contributed by atoms with Crippen molar-refractivity contribution >= 4 is 0 Å². The summed E-state index contributed by atoms with van der Waals surface area (Å²) in [5, 5.41) is 86.2. The van der Waals surface area contributed by atoms with E-state index in [0.29, 0.717) is 12.8 Å². The van der Waals surface area contributed by atoms with E-state index < -0.39 is 61.4 Å². The molecule has 33 heavy (non-hydrogen) atoms. The third-order valence-corrected chi connectivity index (χ3v) is 6.25. The Morgan fingerprint density at radius 2 is 1.00 bits per heavy atom. The Bertz CT molecular complexity index is 508. The molecule has 0 aromatic heterocycles. The Morgan fingerprint density at radius 3 is 1.30 bits per heavy atom. The normalized spacial score (nSPS) is 41.6. The molecule has 10 N–H and O–H groups in total. The van der Waals surface area contributed by atoms with Gasteiger partial charge in [-0.2, -0.15) is 0 Å². The largest absolute Gasteiger partial charge is 0.395 e. The Balaban J connectivity index is 2.05. The zero-order chi connectivity index (χ0) is 24.7. The van der Waals surface area contributed by atoms with E-state index in [-0.39, 0.29) is 38.4 Å². The average molecular weight is 485 g/mol. The molecule has 196 valence electrons. The van der Waals surface area contributed by atoms with E-state index >= 15 is 0 Å². The van der Waals surface area contributed by atoms with Gasteiger partial charge < -0.3 is 65.7 Å². The van der Waals surface area contributed by atoms with E-state index in [9.17, 15) is 40.9 Å². The number of rotatable bonds is 12. The van der Waals surface area contributed by atoms with Crippen molar-refractivity contribution in [3.8, 4) is 0 Å². The zero-order valence-electron chi connectivity index (χ0n) is 19.0. The minimum atomic E-state index is -1.69. The highest BCUT2D eigenvalue weighted by Crippen LogP contribution is 2.28. The molecule has 12 atom stereocenters. The molecule has 2 saturated heterocycles. The van der Waals surface area contributed by atoms with Crippen LogP contribution in [0.4, 0.5) is 0 Å². The van der Waals surface area contributed by atoms with Gasteiger partial charge in [-0.3, -0.25) is 0 Å². The first-order valence-electron chi connectivity index (χ1n) is 11.4. The highest BCUT2D eigenvalue weighted by molar-refractivity contribution is 4.94. The van der Waals surface area contributed by atoms with Crippen molar-refractivity contribution in [1.29, 1.82) is 0 Å². The SMILES string of the molecule is CC[C@H](CO)NC[C@H]1O[C@H](O[C@H]2O[C@H](CN[C@H](CC)CO)[C@@H](O)[C@H](O)[C@H]2O)[C@H](O)[C@@H](O)[C@@H]1O. The fourth-order valence-corrected chi connectivity index (χ4v) is 3.77. The number of hydrogen-bond acceptors (Lipinski definition) is 13. The lowest BCUT2D eigenvalue weighted by molar-refractivity contribution is -0.372. The van der Waals surface area contributed by atoms with E-state index in [1.807, 2.05) is 13.8 Å². The maximum absolute atomic E-state index is 10.3. The highest BCUT2D eigenvalue weighted by atomic mass is 16.8. The number of ether oxygens (including phenoxy) is 3. The average Bonchev–Trinajstić information content (AvgIpc) is 2.82. The van der Waals surface area contributed by atoms with E-state index in [1.165, 1.54) is 0 Å². The van der Waals surface area contributed by atoms with Gasteiger partial charge in [-0.15, -0.1) is 0 Å². The maximum atomic E-state index is 10.3. The van der Waals surface area contributed by atoms with Crippen LogP contribution in [0.15, 0.2) is 0 Å². The first-order valence-corrected chi connectivity index (χ1v) is 11.4. The molecule has 2 fully saturated rings. The molecule has 0 aromatic rings. The monoisotopic (exact) mass is 484 g/mol. The van der Waals surface area contributed by atoms with Crippen molar-refractivity contribution in [2.24, 2.45) is 0 Å². The van der Waals surface area contributed by atoms with Gasteiger partial charge in [0, 0.05) is 25.2 Å². The van der Waals surface area contributed by atoms with Gasteiger partial charge in [0.2, 0.25) is 0 Å². The van der Waals surface area contributed by atoms with Crippen molar-refractivity contribution in [3.63, 3.8) is 0 Å². The molecule has 0 aliphatic carbocycles. The molecule has 13 heteroatoms. The second-order valence-electron chi connectivity index (χ2n) is 8.56. The lowest BCUT2D eigenvalue weighted by Gasteiger charge is -2.45. The van der Waals surface area contributed by atoms with Crippen molar-refractivity contribution in [2.75, 3.05) is 26.3 Å². The molecule has 2 rings (SSSR count). The smallest absolute Gasteiger partial charge is 0.189 e. The van der Waals surface area contributed by atoms with Gasteiger partial charge in [0.05, 0.1) is 13.2 Å². The lowest BCUT2D eigenvalue weighted by Crippen LogP contribution is -2.65. The summed E-state index contributed by atoms with van der Waals surface area (Å²) in [6.45, 7) is 3.49. The minimum Gasteiger partial charge on any atom is -0.395 e. The third-order valence-electron chi connectivity index (χ3n) is 6.25. The van der Waals surface area contributed by atoms with Crippen LogP contribution in [0.25, 0.3) is 0 Å². The van der Waals surface area contributed by atoms with Gasteiger partial charge in [-0.05, 0) is 12.8 Å². The maximum Gasteiger partial charge on any atom is 0.189 e. The van der Waals surface area contributed by atoms with Crippen molar-refractivity contribution in [1.82, 2.24) is 10.6 Å². The van der Waals surface area contributed by atoms with Crippen LogP contribution in [-0.2, 0) is 14.2 Å². The van der Waals surface area contributed by atoms with Gasteiger partial charge in [-0.1, -0.05) is 13.8 Å². The van der Waals surface area contributed by atoms with E-state index in [2.05, 4.69) is 10.6 Å². The van der Waals surface area contributed by atoms with Crippen LogP contribution in [0.3, 0.4) is 0 Å². The second kappa shape index (κ2) is 13.5. The molecular formula is C20H40N2O11. The Hall–Kier alpha value is -0.520. The molecule has 0 radical (unpaired) electrons. The van der Waals surface area contributed by atoms with Gasteiger partial charge in [0.15, 0.2) is 12.6 Å². The summed E-state index contributed by atoms with van der Waals surface area (Å²) < 4.78 is 16.7. The first-order chi connectivity index (χ1) is 15.7. The Labute approximate surface area is 192 Å². The summed E-state index contributed by atoms with van der Waals surface area (Å²) in [7, 11) is 0. The zero-order valence-corrected chi connectivity index (χ0v) is 19.0. The summed E-state index contributed by atoms with van der Waals surface area (Å²) in [5.74, 6) is 0. The Kier molecular flexibility index (Phi) is 11.8. The molecule has 13 nitrogen and oxygen atoms in total. The van der Waals surface area contributed by atoms with Crippen molar-refractivity contribution in [3.05, 3.63) is 0 Å². The van der Waals surface area contributed by atoms with E-state index in [0.717, 1.165) is 0 Å². The molecular weight excluding hydrogens is 444 g/mol. The number of aliphatic hydroxyl groups excluding tert-OH is 8. The van der Waals surface area contributed by atoms with Crippen LogP contribution in [-0.4, -0.2) is 141 Å². The molecule has 0 spiro atoms. The summed E-state index contributed by atoms with van der Waals surface area (Å²) >= 11 is 0. The molecule has 0 unspecified atom stereocenters. The van der Waals surface area contributed by atoms with Crippen LogP contribution in [0.5, 0.6) is 0 Å². The van der Waals surface area contributed by atoms with Crippen LogP contribution >= 0.6 is 0 Å². The number of aliphatic hydroxyl groups is 8. The predicted molar refractivity (Wildman–Crippen MR) is 113 cm³/mol. The standard InChI is InChI=1S/C20H40N2O11/c1-3-9(7-23)21-5-11-13(25)15(27)17(29)19(31-11)33-20-18(30)16(28)14(26)12(32-20)6-22-10(4-2)8-24/h9-30H,3-8H2,1-2H3/t9-,10-,11-,12-,13-,14-,15+,16+,17-,18-,19-,20-/m1/s1. The van der Waals surface area contributed by atoms with Crippen LogP contribution in [0, 0.1) is 0 Å². The van der Waals surface area contributed by atoms with Gasteiger partial charge >= 0.3 is 0 Å². The van der Waals surface area contributed by atoms with Gasteiger partial charge in [0.1, 0.15) is 48.8 Å². The molecule has 0 amide bonds. The Morgan fingerprint density at radius 1 is 0.636 bits per heavy atom. The second-order valence-corrected chi connectivity index (χ2v) is 8.56. The molecule has 2 aliphatic rings. The van der Waals surface area contributed by atoms with Crippen molar-refractivity contribution < 1.29 is 55.1 Å². The highest BCUT2D eigenvalue weighted by Gasteiger charge is 2.49. The third kappa shape index (κ3) is 7.24. The molecule has 2 aliphatic heterocycles. The molecule has 0 saturated carbocycles. The lowest BCUT2D eigenvalue weighted by atomic mass is 9.97. The van der Waals surface area contributed by atoms with Crippen LogP contribution in [0.1, 0.15) is 26.7 Å². The van der Waals surface area contributed by atoms with Gasteiger partial charge in [0.25, 0.3) is 0 Å². The van der Waals surface area contributed by atoms with Gasteiger partial charge in [-0.25, -0.2) is 0 Å². The number of hydrogen-bond donors (Lipinski definition) is 10. The fraction of sp³-hybridized carbons (Fsp3) is 1.00. The van der Waals surface area contributed by atoms with Crippen molar-refractivity contribution in [2.45, 2.75) is 100 Å². The predicted octanol–water partition coefficient (Wildman–Crippen LogP) is -4.66. The summed E-state index contributed by atoms with van der Waals surface area (Å²) in [5.41, 5.74) is 0. The molecule has 0 bridgehead atoms. The first kappa shape index (κ1) is 28.7. The van der Waals surface area contributed by atoms with Crippen LogP contribution in [0.2, 0.25) is 0 Å². The minimum absolute atomic E-state index is 0.0331.